The van der Waals surface area contributed by atoms with Crippen LogP contribution in [0.15, 0.2) is 18.2 Å². The minimum atomic E-state index is -2.73. The Morgan fingerprint density at radius 3 is 3.30 bits per heavy atom. The Balaban J connectivity index is 1.83. The van der Waals surface area contributed by atoms with E-state index in [-0.39, 0.29) is 22.9 Å². The minimum absolute atomic E-state index is 0.0284. The lowest BCUT2D eigenvalue weighted by Gasteiger charge is -2.58. The van der Waals surface area contributed by atoms with Gasteiger partial charge in [-0.3, -0.25) is 0 Å². The molecule has 2 aliphatic carbocycles. The van der Waals surface area contributed by atoms with Gasteiger partial charge in [-0.1, -0.05) is 37.9 Å². The van der Waals surface area contributed by atoms with E-state index in [9.17, 15) is 0 Å². The summed E-state index contributed by atoms with van der Waals surface area (Å²) in [6.45, 7) is -4.33. The van der Waals surface area contributed by atoms with Gasteiger partial charge >= 0.3 is 0 Å². The number of aryl methyl sites for hydroxylation is 1. The molecule has 0 aromatic heterocycles. The van der Waals surface area contributed by atoms with Crippen LogP contribution in [-0.4, -0.2) is 24.5 Å². The van der Waals surface area contributed by atoms with Gasteiger partial charge in [0.2, 0.25) is 0 Å². The first kappa shape index (κ1) is 6.96. The van der Waals surface area contributed by atoms with Gasteiger partial charge in [-0.15, -0.1) is 0 Å². The van der Waals surface area contributed by atoms with Crippen molar-refractivity contribution in [3.63, 3.8) is 0 Å². The third kappa shape index (κ3) is 1.65. The molecule has 1 heteroatoms. The zero-order chi connectivity index (χ0) is 20.5. The van der Waals surface area contributed by atoms with Crippen molar-refractivity contribution in [1.29, 1.82) is 0 Å². The van der Waals surface area contributed by atoms with Crippen LogP contribution in [0.2, 0.25) is 0 Å². The molecule has 3 atom stereocenters. The van der Waals surface area contributed by atoms with Crippen molar-refractivity contribution in [2.24, 2.45) is 5.92 Å². The van der Waals surface area contributed by atoms with Crippen LogP contribution in [0.1, 0.15) is 66.6 Å². The predicted octanol–water partition coefficient (Wildman–Crippen LogP) is 3.94. The minimum Gasteiger partial charge on any atom is -0.303 e. The van der Waals surface area contributed by atoms with Gasteiger partial charge < -0.3 is 4.90 Å². The Morgan fingerprint density at radius 1 is 1.40 bits per heavy atom. The highest BCUT2D eigenvalue weighted by Gasteiger charge is 2.52. The van der Waals surface area contributed by atoms with Crippen LogP contribution in [-0.2, 0) is 18.2 Å². The second-order valence-electron chi connectivity index (χ2n) is 6.72. The monoisotopic (exact) mass is 277 g/mol. The molecule has 3 aliphatic rings. The van der Waals surface area contributed by atoms with Crippen LogP contribution in [0, 0.1) is 5.92 Å². The fourth-order valence-corrected chi connectivity index (χ4v) is 5.08. The van der Waals surface area contributed by atoms with Gasteiger partial charge in [0, 0.05) is 22.4 Å². The Hall–Kier alpha value is -0.820. The molecule has 0 spiro atoms. The predicted molar refractivity (Wildman–Crippen MR) is 84.2 cm³/mol. The molecule has 1 unspecified atom stereocenters. The van der Waals surface area contributed by atoms with Gasteiger partial charge in [0.25, 0.3) is 0 Å². The number of piperidine rings is 1. The molecule has 0 N–H and O–H groups in total. The van der Waals surface area contributed by atoms with E-state index in [0.717, 1.165) is 43.2 Å². The molecule has 1 heterocycles. The number of nitrogens with zero attached hydrogens (tertiary/aromatic N) is 1. The van der Waals surface area contributed by atoms with Crippen LogP contribution in [0.25, 0.3) is 0 Å². The lowest BCUT2D eigenvalue weighted by Crippen LogP contribution is -2.59. The fraction of sp³-hybridized carbons (Fsp3) is 0.684. The van der Waals surface area contributed by atoms with Crippen LogP contribution >= 0.6 is 0 Å². The van der Waals surface area contributed by atoms with Gasteiger partial charge in [-0.2, -0.15) is 0 Å². The zero-order valence-corrected chi connectivity index (χ0v) is 11.8. The summed E-state index contributed by atoms with van der Waals surface area (Å²) in [5.74, 6) is 0.233. The van der Waals surface area contributed by atoms with Crippen LogP contribution in [0.4, 0.5) is 0 Å². The largest absolute Gasteiger partial charge is 0.303 e. The summed E-state index contributed by atoms with van der Waals surface area (Å²) in [4.78, 5) is 1.69. The van der Waals surface area contributed by atoms with E-state index in [0.29, 0.717) is 13.0 Å². The summed E-state index contributed by atoms with van der Waals surface area (Å²) in [6, 6.07) is 5.19. The lowest BCUT2D eigenvalue weighted by molar-refractivity contribution is 0.00282. The molecule has 108 valence electrons. The quantitative estimate of drug-likeness (QED) is 0.751. The molecule has 0 radical (unpaired) electrons. The van der Waals surface area contributed by atoms with Crippen LogP contribution in [0.5, 0.6) is 0 Å². The van der Waals surface area contributed by atoms with Crippen molar-refractivity contribution in [2.75, 3.05) is 13.5 Å². The van der Waals surface area contributed by atoms with E-state index < -0.39 is 20.2 Å². The van der Waals surface area contributed by atoms with E-state index >= 15 is 0 Å². The zero-order valence-electron chi connectivity index (χ0n) is 19.8. The molecule has 0 amide bonds. The van der Waals surface area contributed by atoms with Crippen molar-refractivity contribution in [3.05, 3.63) is 34.9 Å². The summed E-state index contributed by atoms with van der Waals surface area (Å²) < 4.78 is 63.1. The third-order valence-corrected chi connectivity index (χ3v) is 5.98. The maximum atomic E-state index is 8.18. The maximum absolute atomic E-state index is 8.18. The number of rotatable bonds is 1. The number of likely N-dealkylation sites (N-methyl/N-ethyl adjacent to an activating group) is 1. The van der Waals surface area contributed by atoms with Crippen molar-refractivity contribution >= 4 is 0 Å². The van der Waals surface area contributed by atoms with Crippen molar-refractivity contribution in [2.45, 2.75) is 63.2 Å². The summed E-state index contributed by atoms with van der Waals surface area (Å²) in [6.07, 6.45) is 3.08. The van der Waals surface area contributed by atoms with Crippen LogP contribution in [0.3, 0.4) is 0 Å². The fourth-order valence-electron chi connectivity index (χ4n) is 5.08. The van der Waals surface area contributed by atoms with Gasteiger partial charge in [0.05, 0.1) is 0 Å². The molecule has 1 saturated carbocycles. The topological polar surface area (TPSA) is 3.24 Å². The van der Waals surface area contributed by atoms with Gasteiger partial charge in [0.1, 0.15) is 0 Å². The number of hydrogen-bond acceptors (Lipinski definition) is 1. The lowest BCUT2D eigenvalue weighted by atomic mass is 9.52. The molecule has 1 nitrogen and oxygen atoms in total. The highest BCUT2D eigenvalue weighted by Crippen LogP contribution is 2.55. The second kappa shape index (κ2) is 4.59. The number of fused-ring (bicyclic) bond motifs is 1. The second-order valence-corrected chi connectivity index (χ2v) is 6.72. The van der Waals surface area contributed by atoms with Crippen molar-refractivity contribution in [1.82, 2.24) is 4.90 Å². The van der Waals surface area contributed by atoms with E-state index in [1.54, 1.807) is 17.0 Å². The molecule has 2 bridgehead atoms. The maximum Gasteiger partial charge on any atom is 0.0394 e. The highest BCUT2D eigenvalue weighted by molar-refractivity contribution is 5.43. The first-order valence-corrected chi connectivity index (χ1v) is 7.79. The standard InChI is InChI=1S/C19H27N/c1-3-14-7-8-15-13-18-16-6-4-5-9-19(16,17(15)12-14)10-11-20(18)2/h7-8,12,16,18H,3-6,9-11,13H2,1-2H3/t16-,18+,19?/m1/s1/i1D3,2D3,3D2. The summed E-state index contributed by atoms with van der Waals surface area (Å²) in [5.41, 5.74) is 2.19. The Kier molecular flexibility index (Phi) is 1.60. The van der Waals surface area contributed by atoms with E-state index in [1.807, 2.05) is 6.07 Å². The summed E-state index contributed by atoms with van der Waals surface area (Å²) in [7, 11) is 0. The smallest absolute Gasteiger partial charge is 0.0394 e. The Labute approximate surface area is 134 Å². The van der Waals surface area contributed by atoms with Crippen molar-refractivity contribution < 1.29 is 11.0 Å². The molecule has 1 saturated heterocycles. The first-order valence-electron chi connectivity index (χ1n) is 11.8. The normalized spacial score (nSPS) is 44.2. The van der Waals surface area contributed by atoms with Crippen LogP contribution < -0.4 is 0 Å². The molecule has 20 heavy (non-hydrogen) atoms. The van der Waals surface area contributed by atoms with E-state index in [1.165, 1.54) is 0 Å². The Bertz CT molecular complexity index is 768. The number of hydrogen-bond donors (Lipinski definition) is 0. The SMILES string of the molecule is [2H]C([2H])([2H])N1CCC23CCCC[C@@H]2[C@@H]1Cc1ccc(C([2H])([2H])C([2H])([2H])[2H])cc13. The molecule has 1 aromatic carbocycles. The van der Waals surface area contributed by atoms with E-state index in [4.69, 9.17) is 11.0 Å². The van der Waals surface area contributed by atoms with Gasteiger partial charge in [-0.25, -0.2) is 0 Å². The number of likely N-dealkylation sites (tertiary alicyclic amines) is 1. The Morgan fingerprint density at radius 2 is 2.40 bits per heavy atom. The molecular formula is C19H27N. The molecular weight excluding hydrogens is 242 g/mol. The van der Waals surface area contributed by atoms with Crippen molar-refractivity contribution in [3.8, 4) is 0 Å². The average molecular weight is 277 g/mol. The van der Waals surface area contributed by atoms with Gasteiger partial charge in [0.15, 0.2) is 0 Å². The van der Waals surface area contributed by atoms with E-state index in [2.05, 4.69) is 0 Å². The van der Waals surface area contributed by atoms with Gasteiger partial charge in [-0.05, 0) is 68.2 Å². The average Bonchev–Trinajstić information content (AvgIpc) is 2.59. The molecule has 1 aromatic rings. The highest BCUT2D eigenvalue weighted by atomic mass is 15.1. The third-order valence-electron chi connectivity index (χ3n) is 5.98. The molecule has 4 rings (SSSR count). The number of benzene rings is 1. The summed E-state index contributed by atoms with van der Waals surface area (Å²) >= 11 is 0. The first-order chi connectivity index (χ1) is 12.9. The molecule has 2 fully saturated rings. The molecule has 1 aliphatic heterocycles. The summed E-state index contributed by atoms with van der Waals surface area (Å²) in [5, 5.41) is 0.